The van der Waals surface area contributed by atoms with Crippen LogP contribution in [0.1, 0.15) is 75.6 Å². The molecule has 48 heavy (non-hydrogen) atoms. The molecule has 0 radical (unpaired) electrons. The van der Waals surface area contributed by atoms with Crippen molar-refractivity contribution in [1.82, 2.24) is 19.6 Å². The van der Waals surface area contributed by atoms with Gasteiger partial charge in [0.05, 0.1) is 26.2 Å². The number of barbiturate groups is 2. The Morgan fingerprint density at radius 3 is 0.958 bits per heavy atom. The highest BCUT2D eigenvalue weighted by Crippen LogP contribution is 2.39. The number of rotatable bonds is 12. The second-order valence-electron chi connectivity index (χ2n) is 12.5. The van der Waals surface area contributed by atoms with E-state index in [2.05, 4.69) is 0 Å². The lowest BCUT2D eigenvalue weighted by Gasteiger charge is -2.44. The van der Waals surface area contributed by atoms with E-state index in [0.717, 1.165) is 30.7 Å². The van der Waals surface area contributed by atoms with Crippen LogP contribution in [0.15, 0.2) is 84.9 Å². The molecule has 8 amide bonds. The maximum absolute atomic E-state index is 13.9. The van der Waals surface area contributed by atoms with Crippen molar-refractivity contribution in [2.75, 3.05) is 0 Å². The van der Waals surface area contributed by atoms with Gasteiger partial charge in [-0.3, -0.25) is 38.8 Å². The summed E-state index contributed by atoms with van der Waals surface area (Å²) in [6.07, 6.45) is 0.961. The zero-order valence-electron chi connectivity index (χ0n) is 28.0. The Bertz CT molecular complexity index is 1590. The van der Waals surface area contributed by atoms with E-state index in [1.807, 2.05) is 60.7 Å². The molecule has 2 aliphatic rings. The van der Waals surface area contributed by atoms with Gasteiger partial charge in [0, 0.05) is 0 Å². The number of hydrogen-bond acceptors (Lipinski definition) is 6. The average Bonchev–Trinajstić information content (AvgIpc) is 3.11. The Hall–Kier alpha value is -5.12. The molecule has 2 saturated heterocycles. The van der Waals surface area contributed by atoms with Crippen molar-refractivity contribution in [3.05, 3.63) is 107 Å². The maximum atomic E-state index is 13.9. The van der Waals surface area contributed by atoms with E-state index in [9.17, 15) is 28.8 Å². The number of hydrogen-bond donors (Lipinski definition) is 0. The van der Waals surface area contributed by atoms with Crippen LogP contribution in [-0.4, -0.2) is 55.3 Å². The van der Waals surface area contributed by atoms with Crippen LogP contribution in [0.5, 0.6) is 0 Å². The van der Waals surface area contributed by atoms with Gasteiger partial charge >= 0.3 is 12.1 Å². The van der Waals surface area contributed by atoms with Crippen molar-refractivity contribution in [2.45, 2.75) is 79.6 Å². The van der Waals surface area contributed by atoms with Crippen LogP contribution in [0, 0.1) is 10.8 Å². The summed E-state index contributed by atoms with van der Waals surface area (Å²) in [6.45, 7) is 7.00. The second kappa shape index (κ2) is 13.9. The minimum atomic E-state index is -1.37. The Morgan fingerprint density at radius 1 is 0.396 bits per heavy atom. The summed E-state index contributed by atoms with van der Waals surface area (Å²) >= 11 is 0. The molecule has 0 spiro atoms. The lowest BCUT2D eigenvalue weighted by Crippen LogP contribution is -2.64. The van der Waals surface area contributed by atoms with Gasteiger partial charge in [-0.15, -0.1) is 0 Å². The molecule has 2 fully saturated rings. The number of urea groups is 2. The van der Waals surface area contributed by atoms with Crippen molar-refractivity contribution < 1.29 is 28.8 Å². The molecular weight excluding hydrogens is 608 g/mol. The second-order valence-corrected chi connectivity index (χ2v) is 12.5. The van der Waals surface area contributed by atoms with Gasteiger partial charge < -0.3 is 0 Å². The molecule has 2 aliphatic heterocycles. The van der Waals surface area contributed by atoms with Crippen LogP contribution < -0.4 is 0 Å². The molecule has 0 aliphatic carbocycles. The van der Waals surface area contributed by atoms with Crippen molar-refractivity contribution in [1.29, 1.82) is 0 Å². The van der Waals surface area contributed by atoms with Crippen LogP contribution in [0.4, 0.5) is 9.59 Å². The van der Waals surface area contributed by atoms with Crippen LogP contribution in [0.3, 0.4) is 0 Å². The third-order valence-corrected chi connectivity index (χ3v) is 10.00. The Kier molecular flexibility index (Phi) is 9.93. The van der Waals surface area contributed by atoms with Crippen LogP contribution >= 0.6 is 0 Å². The summed E-state index contributed by atoms with van der Waals surface area (Å²) in [5.74, 6) is -2.07. The highest BCUT2D eigenvalue weighted by molar-refractivity contribution is 6.19. The van der Waals surface area contributed by atoms with E-state index < -0.39 is 46.5 Å². The number of imide groups is 4. The van der Waals surface area contributed by atoms with Crippen molar-refractivity contribution >= 4 is 35.7 Å². The summed E-state index contributed by atoms with van der Waals surface area (Å²) < 4.78 is 0. The third kappa shape index (κ3) is 5.91. The summed E-state index contributed by atoms with van der Waals surface area (Å²) in [6, 6.07) is 23.9. The van der Waals surface area contributed by atoms with Gasteiger partial charge in [-0.25, -0.2) is 9.59 Å². The first kappa shape index (κ1) is 34.2. The van der Waals surface area contributed by atoms with Gasteiger partial charge in [-0.05, 0) is 47.9 Å². The standard InChI is InChI=1S/C38H42N4O6/c1-5-37(6-2)31(43)39(23-27-16-11-9-12-17-27)35(47)41(33(37)45)25-29-20-15-21-30(22-29)26-42-34(46)38(7-3,8-4)32(44)40(36(42)48)24-28-18-13-10-14-19-28/h9-22H,5-8,23-26H2,1-4H3. The summed E-state index contributed by atoms with van der Waals surface area (Å²) in [5.41, 5.74) is -0.0206. The largest absolute Gasteiger partial charge is 0.334 e. The molecule has 0 unspecified atom stereocenters. The van der Waals surface area contributed by atoms with E-state index in [1.165, 1.54) is 0 Å². The number of carbonyl (C=O) groups is 6. The zero-order chi connectivity index (χ0) is 34.6. The molecule has 10 heteroatoms. The maximum Gasteiger partial charge on any atom is 0.334 e. The lowest BCUT2D eigenvalue weighted by molar-refractivity contribution is -0.162. The number of benzene rings is 3. The fourth-order valence-corrected chi connectivity index (χ4v) is 6.85. The molecule has 3 aromatic rings. The minimum Gasteiger partial charge on any atom is -0.273 e. The lowest BCUT2D eigenvalue weighted by atomic mass is 9.77. The zero-order valence-corrected chi connectivity index (χ0v) is 28.0. The van der Waals surface area contributed by atoms with Gasteiger partial charge in [-0.2, -0.15) is 0 Å². The molecule has 3 aromatic carbocycles. The Balaban J connectivity index is 1.43. The van der Waals surface area contributed by atoms with E-state index in [0.29, 0.717) is 11.1 Å². The van der Waals surface area contributed by atoms with Crippen molar-refractivity contribution in [3.8, 4) is 0 Å². The molecule has 0 aromatic heterocycles. The molecule has 0 N–H and O–H groups in total. The van der Waals surface area contributed by atoms with E-state index >= 15 is 0 Å². The molecule has 5 rings (SSSR count). The summed E-state index contributed by atoms with van der Waals surface area (Å²) in [5, 5.41) is 0. The smallest absolute Gasteiger partial charge is 0.273 e. The van der Waals surface area contributed by atoms with E-state index in [4.69, 9.17) is 0 Å². The average molecular weight is 651 g/mol. The summed E-state index contributed by atoms with van der Waals surface area (Å²) in [4.78, 5) is 87.4. The predicted octanol–water partition coefficient (Wildman–Crippen LogP) is 6.28. The van der Waals surface area contributed by atoms with Crippen LogP contribution in [0.25, 0.3) is 0 Å². The molecule has 2 heterocycles. The number of nitrogens with zero attached hydrogens (tertiary/aromatic N) is 4. The first-order chi connectivity index (χ1) is 23.1. The van der Waals surface area contributed by atoms with Crippen molar-refractivity contribution in [2.24, 2.45) is 10.8 Å². The molecule has 10 nitrogen and oxygen atoms in total. The fraction of sp³-hybridized carbons (Fsp3) is 0.368. The quantitative estimate of drug-likeness (QED) is 0.213. The topological polar surface area (TPSA) is 115 Å². The highest BCUT2D eigenvalue weighted by Gasteiger charge is 2.56. The summed E-state index contributed by atoms with van der Waals surface area (Å²) in [7, 11) is 0. The molecule has 0 atom stereocenters. The first-order valence-electron chi connectivity index (χ1n) is 16.6. The monoisotopic (exact) mass is 650 g/mol. The Labute approximate surface area is 281 Å². The SMILES string of the molecule is CCC1(CC)C(=O)N(Cc2ccccc2)C(=O)N(Cc2cccc(CN3C(=O)N(Cc4ccccc4)C(=O)C(CC)(CC)C3=O)c2)C1=O. The van der Waals surface area contributed by atoms with Gasteiger partial charge in [0.15, 0.2) is 0 Å². The normalized spacial score (nSPS) is 17.8. The van der Waals surface area contributed by atoms with Crippen LogP contribution in [0.2, 0.25) is 0 Å². The number of amides is 8. The molecule has 0 bridgehead atoms. The molecule has 250 valence electrons. The Morgan fingerprint density at radius 2 is 0.667 bits per heavy atom. The van der Waals surface area contributed by atoms with Gasteiger partial charge in [0.1, 0.15) is 10.8 Å². The molecule has 0 saturated carbocycles. The highest BCUT2D eigenvalue weighted by atomic mass is 16.2. The predicted molar refractivity (Wildman–Crippen MR) is 178 cm³/mol. The van der Waals surface area contributed by atoms with Crippen LogP contribution in [-0.2, 0) is 45.4 Å². The fourth-order valence-electron chi connectivity index (χ4n) is 6.85. The van der Waals surface area contributed by atoms with Gasteiger partial charge in [0.2, 0.25) is 23.6 Å². The van der Waals surface area contributed by atoms with E-state index in [-0.39, 0.29) is 51.9 Å². The van der Waals surface area contributed by atoms with E-state index in [1.54, 1.807) is 52.0 Å². The third-order valence-electron chi connectivity index (χ3n) is 10.00. The molecular formula is C38H42N4O6. The minimum absolute atomic E-state index is 0.0398. The first-order valence-corrected chi connectivity index (χ1v) is 16.6. The van der Waals surface area contributed by atoms with Gasteiger partial charge in [0.25, 0.3) is 0 Å². The van der Waals surface area contributed by atoms with Gasteiger partial charge in [-0.1, -0.05) is 113 Å². The van der Waals surface area contributed by atoms with Crippen molar-refractivity contribution in [3.63, 3.8) is 0 Å². The number of carbonyl (C=O) groups excluding carboxylic acids is 6.